The van der Waals surface area contributed by atoms with Crippen molar-refractivity contribution >= 4 is 22.1 Å². The fraction of sp³-hybridized carbons (Fsp3) is 0.667. The van der Waals surface area contributed by atoms with Crippen LogP contribution in [0.1, 0.15) is 60.3 Å². The number of fused-ring (bicyclic) bond motifs is 1. The van der Waals surface area contributed by atoms with Crippen LogP contribution in [0.5, 0.6) is 0 Å². The predicted molar refractivity (Wildman–Crippen MR) is 106 cm³/mol. The Labute approximate surface area is 160 Å². The number of piperidine rings is 1. The van der Waals surface area contributed by atoms with Gasteiger partial charge in [0.25, 0.3) is 0 Å². The molecule has 0 amide bonds. The number of ether oxygens (including phenoxy) is 1. The molecule has 0 spiro atoms. The van der Waals surface area contributed by atoms with Crippen molar-refractivity contribution in [2.75, 3.05) is 37.7 Å². The second kappa shape index (κ2) is 7.34. The van der Waals surface area contributed by atoms with Crippen LogP contribution in [-0.2, 0) is 11.2 Å². The number of carbonyl (C=O) groups is 1. The van der Waals surface area contributed by atoms with Crippen molar-refractivity contribution in [1.29, 1.82) is 0 Å². The number of carbonyl (C=O) groups excluding carboxylic acids is 1. The van der Waals surface area contributed by atoms with Gasteiger partial charge < -0.3 is 15.0 Å². The maximum atomic E-state index is 12.8. The van der Waals surface area contributed by atoms with Gasteiger partial charge in [-0.2, -0.15) is 0 Å². The molecule has 0 bridgehead atoms. The molecule has 1 atom stereocenters. The summed E-state index contributed by atoms with van der Waals surface area (Å²) in [4.78, 5) is 16.1. The molecule has 5 heteroatoms. The normalized spacial score (nSPS) is 25.4. The van der Waals surface area contributed by atoms with E-state index in [0.29, 0.717) is 12.2 Å². The molecule has 2 fully saturated rings. The number of Topliss-reactive ketones (excluding diaryl/α,β-unsaturated/α-hetero) is 1. The van der Waals surface area contributed by atoms with Gasteiger partial charge in [-0.3, -0.25) is 4.79 Å². The lowest BCUT2D eigenvalue weighted by atomic mass is 9.75. The molecule has 1 aromatic heterocycles. The number of ketones is 1. The number of nitrogens with zero attached hydrogens (tertiary/aromatic N) is 1. The number of thiophene rings is 1. The molecule has 4 nitrogen and oxygen atoms in total. The number of hydrogen-bond donors (Lipinski definition) is 1. The summed E-state index contributed by atoms with van der Waals surface area (Å²) in [5, 5.41) is 4.70. The molecular weight excluding hydrogens is 344 g/mol. The van der Waals surface area contributed by atoms with E-state index in [1.54, 1.807) is 11.3 Å². The van der Waals surface area contributed by atoms with E-state index in [4.69, 9.17) is 4.74 Å². The number of anilines is 1. The van der Waals surface area contributed by atoms with Gasteiger partial charge >= 0.3 is 0 Å². The monoisotopic (exact) mass is 372 g/mol. The zero-order valence-electron chi connectivity index (χ0n) is 15.8. The first-order valence-electron chi connectivity index (χ1n) is 9.80. The molecule has 0 saturated carbocycles. The summed E-state index contributed by atoms with van der Waals surface area (Å²) in [7, 11) is 0. The van der Waals surface area contributed by atoms with E-state index in [2.05, 4.69) is 35.9 Å². The van der Waals surface area contributed by atoms with Crippen molar-refractivity contribution in [1.82, 2.24) is 5.32 Å². The number of rotatable bonds is 1. The molecule has 3 heterocycles. The average Bonchev–Trinajstić information content (AvgIpc) is 2.99. The highest BCUT2D eigenvalue weighted by molar-refractivity contribution is 7.18. The van der Waals surface area contributed by atoms with Crippen molar-refractivity contribution in [3.63, 3.8) is 0 Å². The molecule has 2 saturated heterocycles. The quantitative estimate of drug-likeness (QED) is 0.769. The molecule has 0 aromatic carbocycles. The smallest absolute Gasteiger partial charge is 0.173 e. The molecule has 4 rings (SSSR count). The summed E-state index contributed by atoms with van der Waals surface area (Å²) in [6.07, 6.45) is 5.19. The third-order valence-corrected chi connectivity index (χ3v) is 6.85. The second-order valence-corrected chi connectivity index (χ2v) is 9.40. The number of morpholine rings is 1. The fourth-order valence-electron chi connectivity index (χ4n) is 4.15. The van der Waals surface area contributed by atoms with E-state index in [0.717, 1.165) is 56.1 Å². The van der Waals surface area contributed by atoms with Gasteiger partial charge in [-0.1, -0.05) is 25.7 Å². The summed E-state index contributed by atoms with van der Waals surface area (Å²) in [5.74, 6) is 7.27. The minimum atomic E-state index is 0.0208. The molecule has 0 radical (unpaired) electrons. The lowest BCUT2D eigenvalue weighted by Gasteiger charge is -2.29. The molecule has 2 aliphatic heterocycles. The Morgan fingerprint density at radius 3 is 2.77 bits per heavy atom. The van der Waals surface area contributed by atoms with E-state index < -0.39 is 0 Å². The fourth-order valence-corrected chi connectivity index (χ4v) is 5.42. The van der Waals surface area contributed by atoms with Gasteiger partial charge in [0.1, 0.15) is 5.00 Å². The summed E-state index contributed by atoms with van der Waals surface area (Å²) in [5.41, 5.74) is 2.33. The van der Waals surface area contributed by atoms with Crippen LogP contribution in [0, 0.1) is 17.3 Å². The Hall–Kier alpha value is -1.35. The highest BCUT2D eigenvalue weighted by Crippen LogP contribution is 2.44. The summed E-state index contributed by atoms with van der Waals surface area (Å²) in [6, 6.07) is 0.282. The van der Waals surface area contributed by atoms with E-state index >= 15 is 0 Å². The minimum Gasteiger partial charge on any atom is -0.378 e. The third-order valence-electron chi connectivity index (χ3n) is 5.52. The topological polar surface area (TPSA) is 41.6 Å². The predicted octanol–water partition coefficient (Wildman–Crippen LogP) is 3.23. The SMILES string of the molecule is CC1(C)CC(=O)c2sc(N3CCOCC3)c(C#CC3CCCCN3)c2C1. The van der Waals surface area contributed by atoms with E-state index in [1.165, 1.54) is 23.4 Å². The maximum Gasteiger partial charge on any atom is 0.173 e. The maximum absolute atomic E-state index is 12.8. The van der Waals surface area contributed by atoms with Crippen LogP contribution in [0.4, 0.5) is 5.00 Å². The highest BCUT2D eigenvalue weighted by Gasteiger charge is 2.36. The van der Waals surface area contributed by atoms with Gasteiger partial charge in [0.15, 0.2) is 5.78 Å². The van der Waals surface area contributed by atoms with E-state index in [-0.39, 0.29) is 11.5 Å². The molecule has 1 aromatic rings. The largest absolute Gasteiger partial charge is 0.378 e. The van der Waals surface area contributed by atoms with Crippen LogP contribution >= 0.6 is 11.3 Å². The molecular formula is C21H28N2O2S. The average molecular weight is 373 g/mol. The number of nitrogens with one attached hydrogen (secondary N) is 1. The van der Waals surface area contributed by atoms with Crippen LogP contribution < -0.4 is 10.2 Å². The van der Waals surface area contributed by atoms with Crippen molar-refractivity contribution in [2.45, 2.75) is 52.0 Å². The third kappa shape index (κ3) is 3.69. The van der Waals surface area contributed by atoms with Crippen LogP contribution in [0.3, 0.4) is 0 Å². The molecule has 1 unspecified atom stereocenters. The van der Waals surface area contributed by atoms with Crippen molar-refractivity contribution in [3.8, 4) is 11.8 Å². The Bertz CT molecular complexity index is 744. The van der Waals surface area contributed by atoms with Crippen molar-refractivity contribution in [3.05, 3.63) is 16.0 Å². The molecule has 140 valence electrons. The van der Waals surface area contributed by atoms with Gasteiger partial charge in [-0.25, -0.2) is 0 Å². The van der Waals surface area contributed by atoms with Crippen LogP contribution in [0.15, 0.2) is 0 Å². The zero-order valence-corrected chi connectivity index (χ0v) is 16.6. The van der Waals surface area contributed by atoms with Gasteiger partial charge in [0.05, 0.1) is 29.7 Å². The van der Waals surface area contributed by atoms with Gasteiger partial charge in [-0.15, -0.1) is 11.3 Å². The van der Waals surface area contributed by atoms with Crippen LogP contribution in [0.2, 0.25) is 0 Å². The summed E-state index contributed by atoms with van der Waals surface area (Å²) < 4.78 is 5.52. The Morgan fingerprint density at radius 2 is 2.04 bits per heavy atom. The Balaban J connectivity index is 1.73. The van der Waals surface area contributed by atoms with Crippen molar-refractivity contribution in [2.24, 2.45) is 5.41 Å². The first-order chi connectivity index (χ1) is 12.5. The summed E-state index contributed by atoms with van der Waals surface area (Å²) >= 11 is 1.66. The lowest BCUT2D eigenvalue weighted by molar-refractivity contribution is 0.0917. The second-order valence-electron chi connectivity index (χ2n) is 8.40. The van der Waals surface area contributed by atoms with Gasteiger partial charge in [0.2, 0.25) is 0 Å². The standard InChI is InChI=1S/C21H28N2O2S/c1-21(2)13-17-16(7-6-15-5-3-4-8-22-15)20(23-9-11-25-12-10-23)26-19(17)18(24)14-21/h15,22H,3-5,8-14H2,1-2H3. The van der Waals surface area contributed by atoms with Crippen molar-refractivity contribution < 1.29 is 9.53 Å². The molecule has 1 N–H and O–H groups in total. The lowest BCUT2D eigenvalue weighted by Crippen LogP contribution is -2.36. The van der Waals surface area contributed by atoms with Crippen LogP contribution in [-0.4, -0.2) is 44.7 Å². The highest BCUT2D eigenvalue weighted by atomic mass is 32.1. The molecule has 1 aliphatic carbocycles. The van der Waals surface area contributed by atoms with Gasteiger partial charge in [0, 0.05) is 19.5 Å². The van der Waals surface area contributed by atoms with Crippen LogP contribution in [0.25, 0.3) is 0 Å². The first kappa shape index (κ1) is 18.0. The van der Waals surface area contributed by atoms with E-state index in [1.807, 2.05) is 0 Å². The number of hydrogen-bond acceptors (Lipinski definition) is 5. The van der Waals surface area contributed by atoms with Gasteiger partial charge in [-0.05, 0) is 43.2 Å². The Morgan fingerprint density at radius 1 is 1.23 bits per heavy atom. The summed E-state index contributed by atoms with van der Waals surface area (Å²) in [6.45, 7) is 8.71. The first-order valence-corrected chi connectivity index (χ1v) is 10.6. The Kier molecular flexibility index (Phi) is 5.09. The minimum absolute atomic E-state index is 0.0208. The van der Waals surface area contributed by atoms with E-state index in [9.17, 15) is 4.79 Å². The molecule has 26 heavy (non-hydrogen) atoms. The zero-order chi connectivity index (χ0) is 18.1. The molecule has 3 aliphatic rings.